The Morgan fingerprint density at radius 1 is 1.05 bits per heavy atom. The Bertz CT molecular complexity index is 573. The Morgan fingerprint density at radius 2 is 1.86 bits per heavy atom. The highest BCUT2D eigenvalue weighted by molar-refractivity contribution is 5.81. The van der Waals surface area contributed by atoms with E-state index < -0.39 is 0 Å². The van der Waals surface area contributed by atoms with Gasteiger partial charge in [-0.25, -0.2) is 0 Å². The molecule has 1 aliphatic carbocycles. The highest BCUT2D eigenvalue weighted by Crippen LogP contribution is 2.32. The van der Waals surface area contributed by atoms with E-state index in [9.17, 15) is 0 Å². The van der Waals surface area contributed by atoms with Crippen LogP contribution in [-0.4, -0.2) is 18.6 Å². The molecule has 2 atom stereocenters. The van der Waals surface area contributed by atoms with E-state index in [4.69, 9.17) is 0 Å². The first-order valence-corrected chi connectivity index (χ1v) is 8.35. The van der Waals surface area contributed by atoms with Crippen molar-refractivity contribution in [2.45, 2.75) is 38.5 Å². The zero-order valence-electron chi connectivity index (χ0n) is 13.0. The molecule has 0 radical (unpaired) electrons. The minimum absolute atomic E-state index is 0.811. The van der Waals surface area contributed by atoms with Crippen LogP contribution in [0.2, 0.25) is 0 Å². The average Bonchev–Trinajstić information content (AvgIpc) is 2.74. The molecule has 2 aromatic rings. The third-order valence-corrected chi connectivity index (χ3v) is 5.00. The summed E-state index contributed by atoms with van der Waals surface area (Å²) in [5.74, 6) is 1.63. The van der Waals surface area contributed by atoms with Gasteiger partial charge >= 0.3 is 0 Å². The molecule has 112 valence electrons. The molecule has 1 heterocycles. The summed E-state index contributed by atoms with van der Waals surface area (Å²) >= 11 is 0. The maximum Gasteiger partial charge on any atom is 0.0704 e. The number of fused-ring (bicyclic) bond motifs is 1. The van der Waals surface area contributed by atoms with E-state index in [1.165, 1.54) is 49.5 Å². The minimum Gasteiger partial charge on any atom is -0.319 e. The Labute approximate surface area is 128 Å². The molecule has 0 aliphatic heterocycles. The van der Waals surface area contributed by atoms with Crippen molar-refractivity contribution in [3.8, 4) is 0 Å². The first-order valence-electron chi connectivity index (χ1n) is 8.35. The first kappa shape index (κ1) is 14.5. The van der Waals surface area contributed by atoms with Crippen LogP contribution in [0.5, 0.6) is 0 Å². The molecule has 3 rings (SSSR count). The normalized spacial score (nSPS) is 23.1. The molecular formula is C19H26N2. The maximum atomic E-state index is 4.50. The molecule has 2 unspecified atom stereocenters. The van der Waals surface area contributed by atoms with Crippen molar-refractivity contribution in [1.29, 1.82) is 0 Å². The van der Waals surface area contributed by atoms with Crippen LogP contribution in [0.15, 0.2) is 36.5 Å². The number of rotatable bonds is 4. The Morgan fingerprint density at radius 3 is 2.71 bits per heavy atom. The van der Waals surface area contributed by atoms with Crippen LogP contribution < -0.4 is 5.32 Å². The molecule has 0 amide bonds. The second-order valence-electron chi connectivity index (χ2n) is 6.41. The molecule has 21 heavy (non-hydrogen) atoms. The van der Waals surface area contributed by atoms with E-state index in [0.717, 1.165) is 23.9 Å². The van der Waals surface area contributed by atoms with E-state index in [1.54, 1.807) is 0 Å². The molecule has 1 aromatic heterocycles. The summed E-state index contributed by atoms with van der Waals surface area (Å²) in [4.78, 5) is 4.50. The SMILES string of the molecule is CNCC1CCCCCC1Cc1ccnc2ccccc12. The van der Waals surface area contributed by atoms with Crippen LogP contribution in [0, 0.1) is 11.8 Å². The standard InChI is InChI=1S/C19H26N2/c1-20-14-17-8-4-2-3-7-15(17)13-16-11-12-21-19-10-6-5-9-18(16)19/h5-6,9-12,15,17,20H,2-4,7-8,13-14H2,1H3. The van der Waals surface area contributed by atoms with Crippen molar-refractivity contribution in [3.05, 3.63) is 42.1 Å². The number of aromatic nitrogens is 1. The smallest absolute Gasteiger partial charge is 0.0704 e. The van der Waals surface area contributed by atoms with Gasteiger partial charge in [-0.2, -0.15) is 0 Å². The van der Waals surface area contributed by atoms with E-state index >= 15 is 0 Å². The summed E-state index contributed by atoms with van der Waals surface area (Å²) in [7, 11) is 2.09. The van der Waals surface area contributed by atoms with Gasteiger partial charge in [-0.15, -0.1) is 0 Å². The second kappa shape index (κ2) is 7.04. The Hall–Kier alpha value is -1.41. The van der Waals surface area contributed by atoms with Gasteiger partial charge in [0.05, 0.1) is 5.52 Å². The van der Waals surface area contributed by atoms with Gasteiger partial charge in [0, 0.05) is 11.6 Å². The zero-order valence-corrected chi connectivity index (χ0v) is 13.0. The summed E-state index contributed by atoms with van der Waals surface area (Å²) in [6.45, 7) is 1.16. The van der Waals surface area contributed by atoms with Crippen molar-refractivity contribution in [2.24, 2.45) is 11.8 Å². The van der Waals surface area contributed by atoms with Crippen LogP contribution in [0.4, 0.5) is 0 Å². The van der Waals surface area contributed by atoms with E-state index in [1.807, 2.05) is 6.20 Å². The number of para-hydroxylation sites is 1. The molecule has 0 saturated heterocycles. The second-order valence-corrected chi connectivity index (χ2v) is 6.41. The quantitative estimate of drug-likeness (QED) is 0.850. The van der Waals surface area contributed by atoms with Crippen molar-refractivity contribution in [1.82, 2.24) is 10.3 Å². The van der Waals surface area contributed by atoms with Gasteiger partial charge in [0.2, 0.25) is 0 Å². The van der Waals surface area contributed by atoms with Gasteiger partial charge in [-0.05, 0) is 62.4 Å². The summed E-state index contributed by atoms with van der Waals surface area (Å²) < 4.78 is 0. The summed E-state index contributed by atoms with van der Waals surface area (Å²) in [5.41, 5.74) is 2.61. The van der Waals surface area contributed by atoms with Crippen LogP contribution in [0.25, 0.3) is 10.9 Å². The van der Waals surface area contributed by atoms with Gasteiger partial charge < -0.3 is 5.32 Å². The lowest BCUT2D eigenvalue weighted by molar-refractivity contribution is 0.304. The first-order chi connectivity index (χ1) is 10.4. The minimum atomic E-state index is 0.811. The van der Waals surface area contributed by atoms with Crippen LogP contribution in [0.1, 0.15) is 37.7 Å². The number of benzene rings is 1. The zero-order chi connectivity index (χ0) is 14.5. The Kier molecular flexibility index (Phi) is 4.87. The summed E-state index contributed by atoms with van der Waals surface area (Å²) in [6, 6.07) is 10.8. The van der Waals surface area contributed by atoms with Gasteiger partial charge in [-0.1, -0.05) is 37.5 Å². The van der Waals surface area contributed by atoms with Gasteiger partial charge in [0.15, 0.2) is 0 Å². The van der Waals surface area contributed by atoms with E-state index in [-0.39, 0.29) is 0 Å². The van der Waals surface area contributed by atoms with Gasteiger partial charge in [0.25, 0.3) is 0 Å². The summed E-state index contributed by atoms with van der Waals surface area (Å²) in [5, 5.41) is 4.75. The molecule has 1 aliphatic rings. The Balaban J connectivity index is 1.85. The fraction of sp³-hybridized carbons (Fsp3) is 0.526. The average molecular weight is 282 g/mol. The molecule has 1 aromatic carbocycles. The molecule has 0 bridgehead atoms. The van der Waals surface area contributed by atoms with Crippen molar-refractivity contribution >= 4 is 10.9 Å². The van der Waals surface area contributed by atoms with Gasteiger partial charge in [-0.3, -0.25) is 4.98 Å². The molecule has 1 fully saturated rings. The number of hydrogen-bond acceptors (Lipinski definition) is 2. The van der Waals surface area contributed by atoms with Crippen LogP contribution in [-0.2, 0) is 6.42 Å². The lowest BCUT2D eigenvalue weighted by Gasteiger charge is -2.25. The fourth-order valence-corrected chi connectivity index (χ4v) is 3.88. The molecule has 2 heteroatoms. The highest BCUT2D eigenvalue weighted by atomic mass is 14.8. The van der Waals surface area contributed by atoms with Crippen LogP contribution >= 0.6 is 0 Å². The lowest BCUT2D eigenvalue weighted by Crippen LogP contribution is -2.26. The van der Waals surface area contributed by atoms with E-state index in [2.05, 4.69) is 47.7 Å². The predicted octanol–water partition coefficient (Wildman–Crippen LogP) is 4.19. The van der Waals surface area contributed by atoms with Crippen molar-refractivity contribution in [2.75, 3.05) is 13.6 Å². The third-order valence-electron chi connectivity index (χ3n) is 5.00. The number of pyridine rings is 1. The molecule has 1 N–H and O–H groups in total. The summed E-state index contributed by atoms with van der Waals surface area (Å²) in [6.07, 6.45) is 10.1. The maximum absolute atomic E-state index is 4.50. The third kappa shape index (κ3) is 3.44. The highest BCUT2D eigenvalue weighted by Gasteiger charge is 2.23. The molecule has 2 nitrogen and oxygen atoms in total. The topological polar surface area (TPSA) is 24.9 Å². The molecule has 0 spiro atoms. The van der Waals surface area contributed by atoms with Crippen LogP contribution in [0.3, 0.4) is 0 Å². The fourth-order valence-electron chi connectivity index (χ4n) is 3.88. The largest absolute Gasteiger partial charge is 0.319 e. The van der Waals surface area contributed by atoms with Crippen molar-refractivity contribution in [3.63, 3.8) is 0 Å². The number of hydrogen-bond donors (Lipinski definition) is 1. The predicted molar refractivity (Wildman–Crippen MR) is 89.4 cm³/mol. The molecule has 1 saturated carbocycles. The lowest BCUT2D eigenvalue weighted by atomic mass is 9.82. The monoisotopic (exact) mass is 282 g/mol. The molecular weight excluding hydrogens is 256 g/mol. The van der Waals surface area contributed by atoms with Gasteiger partial charge in [0.1, 0.15) is 0 Å². The number of nitrogens with zero attached hydrogens (tertiary/aromatic N) is 1. The number of nitrogens with one attached hydrogen (secondary N) is 1. The van der Waals surface area contributed by atoms with Crippen molar-refractivity contribution < 1.29 is 0 Å². The van der Waals surface area contributed by atoms with E-state index in [0.29, 0.717) is 0 Å².